The first-order chi connectivity index (χ1) is 8.90. The van der Waals surface area contributed by atoms with Crippen LogP contribution >= 0.6 is 0 Å². The van der Waals surface area contributed by atoms with E-state index >= 15 is 0 Å². The summed E-state index contributed by atoms with van der Waals surface area (Å²) in [5, 5.41) is 11.5. The third kappa shape index (κ3) is 4.87. The molecule has 0 heterocycles. The van der Waals surface area contributed by atoms with Gasteiger partial charge in [-0.15, -0.1) is 0 Å². The summed E-state index contributed by atoms with van der Waals surface area (Å²) in [6.45, 7) is 3.94. The molecule has 1 aromatic rings. The molecule has 0 aliphatic carbocycles. The molecule has 19 heavy (non-hydrogen) atoms. The minimum absolute atomic E-state index is 0.0902. The van der Waals surface area contributed by atoms with Crippen LogP contribution in [0.15, 0.2) is 18.2 Å². The average Bonchev–Trinajstić information content (AvgIpc) is 2.29. The molecule has 0 saturated carbocycles. The Balaban J connectivity index is 2.50. The van der Waals surface area contributed by atoms with Gasteiger partial charge in [0.05, 0.1) is 24.3 Å². The summed E-state index contributed by atoms with van der Waals surface area (Å²) in [7, 11) is 0. The predicted octanol–water partition coefficient (Wildman–Crippen LogP) is 1.26. The SMILES string of the molecule is CC(C)NC(=O)CCOc1ccc(C(=O)O)cc1N. The number of hydrogen-bond acceptors (Lipinski definition) is 4. The van der Waals surface area contributed by atoms with E-state index in [0.29, 0.717) is 5.75 Å². The number of nitrogens with one attached hydrogen (secondary N) is 1. The van der Waals surface area contributed by atoms with Crippen molar-refractivity contribution in [2.24, 2.45) is 0 Å². The van der Waals surface area contributed by atoms with Crippen molar-refractivity contribution in [1.29, 1.82) is 0 Å². The van der Waals surface area contributed by atoms with Gasteiger partial charge in [0.15, 0.2) is 0 Å². The van der Waals surface area contributed by atoms with Crippen molar-refractivity contribution < 1.29 is 19.4 Å². The Bertz CT molecular complexity index is 472. The quantitative estimate of drug-likeness (QED) is 0.673. The number of anilines is 1. The summed E-state index contributed by atoms with van der Waals surface area (Å²) in [6.07, 6.45) is 0.221. The van der Waals surface area contributed by atoms with Gasteiger partial charge >= 0.3 is 5.97 Å². The number of carbonyl (C=O) groups is 2. The highest BCUT2D eigenvalue weighted by molar-refractivity contribution is 5.89. The van der Waals surface area contributed by atoms with E-state index < -0.39 is 5.97 Å². The van der Waals surface area contributed by atoms with Gasteiger partial charge in [-0.25, -0.2) is 4.79 Å². The third-order valence-corrected chi connectivity index (χ3v) is 2.29. The Morgan fingerprint density at radius 2 is 2.11 bits per heavy atom. The largest absolute Gasteiger partial charge is 0.491 e. The first-order valence-corrected chi connectivity index (χ1v) is 5.95. The molecule has 0 bridgehead atoms. The van der Waals surface area contributed by atoms with Crippen molar-refractivity contribution in [3.8, 4) is 5.75 Å². The number of nitrogens with two attached hydrogens (primary N) is 1. The molecule has 4 N–H and O–H groups in total. The summed E-state index contributed by atoms with van der Waals surface area (Å²) >= 11 is 0. The Labute approximate surface area is 111 Å². The number of hydrogen-bond donors (Lipinski definition) is 3. The Kier molecular flexibility index (Phi) is 5.17. The second-order valence-corrected chi connectivity index (χ2v) is 4.38. The van der Waals surface area contributed by atoms with E-state index in [0.717, 1.165) is 0 Å². The van der Waals surface area contributed by atoms with Crippen LogP contribution in [0.5, 0.6) is 5.75 Å². The Hall–Kier alpha value is -2.24. The lowest BCUT2D eigenvalue weighted by molar-refractivity contribution is -0.122. The molecule has 0 aromatic heterocycles. The van der Waals surface area contributed by atoms with E-state index in [1.54, 1.807) is 0 Å². The van der Waals surface area contributed by atoms with Gasteiger partial charge < -0.3 is 20.9 Å². The van der Waals surface area contributed by atoms with Crippen LogP contribution < -0.4 is 15.8 Å². The molecule has 0 unspecified atom stereocenters. The average molecular weight is 266 g/mol. The molecule has 0 atom stereocenters. The van der Waals surface area contributed by atoms with E-state index in [9.17, 15) is 9.59 Å². The normalized spacial score (nSPS) is 10.3. The Morgan fingerprint density at radius 1 is 1.42 bits per heavy atom. The van der Waals surface area contributed by atoms with Gasteiger partial charge in [-0.3, -0.25) is 4.79 Å². The highest BCUT2D eigenvalue weighted by Crippen LogP contribution is 2.22. The van der Waals surface area contributed by atoms with E-state index in [1.807, 2.05) is 13.8 Å². The fourth-order valence-electron chi connectivity index (χ4n) is 1.46. The lowest BCUT2D eigenvalue weighted by atomic mass is 10.2. The van der Waals surface area contributed by atoms with Crippen molar-refractivity contribution in [2.75, 3.05) is 12.3 Å². The van der Waals surface area contributed by atoms with E-state index in [4.69, 9.17) is 15.6 Å². The summed E-state index contributed by atoms with van der Waals surface area (Å²) in [5.74, 6) is -0.771. The smallest absolute Gasteiger partial charge is 0.335 e. The zero-order chi connectivity index (χ0) is 14.4. The van der Waals surface area contributed by atoms with Gasteiger partial charge in [-0.05, 0) is 32.0 Å². The molecule has 0 spiro atoms. The maximum Gasteiger partial charge on any atom is 0.335 e. The number of nitrogen functional groups attached to an aromatic ring is 1. The number of rotatable bonds is 6. The standard InChI is InChI=1S/C13H18N2O4/c1-8(2)15-12(16)5-6-19-11-4-3-9(13(17)18)7-10(11)14/h3-4,7-8H,5-6,14H2,1-2H3,(H,15,16)(H,17,18). The summed E-state index contributed by atoms with van der Waals surface area (Å²) in [6, 6.07) is 4.31. The first kappa shape index (κ1) is 14.8. The van der Waals surface area contributed by atoms with Crippen LogP contribution in [0.4, 0.5) is 5.69 Å². The first-order valence-electron chi connectivity index (χ1n) is 5.95. The van der Waals surface area contributed by atoms with Crippen LogP contribution in [-0.4, -0.2) is 29.6 Å². The minimum Gasteiger partial charge on any atom is -0.491 e. The monoisotopic (exact) mass is 266 g/mol. The van der Waals surface area contributed by atoms with E-state index in [2.05, 4.69) is 5.32 Å². The zero-order valence-electron chi connectivity index (χ0n) is 11.0. The van der Waals surface area contributed by atoms with Gasteiger partial charge in [0.25, 0.3) is 0 Å². The van der Waals surface area contributed by atoms with Crippen LogP contribution in [0.25, 0.3) is 0 Å². The number of carbonyl (C=O) groups excluding carboxylic acids is 1. The molecule has 6 heteroatoms. The summed E-state index contributed by atoms with van der Waals surface area (Å²) < 4.78 is 5.34. The molecule has 6 nitrogen and oxygen atoms in total. The second kappa shape index (κ2) is 6.63. The van der Waals surface area contributed by atoms with Gasteiger partial charge in [0.1, 0.15) is 5.75 Å². The Morgan fingerprint density at radius 3 is 2.63 bits per heavy atom. The predicted molar refractivity (Wildman–Crippen MR) is 71.2 cm³/mol. The number of ether oxygens (including phenoxy) is 1. The number of aromatic carboxylic acids is 1. The van der Waals surface area contributed by atoms with Crippen LogP contribution in [-0.2, 0) is 4.79 Å². The molecule has 104 valence electrons. The number of carboxylic acid groups (broad SMARTS) is 1. The van der Waals surface area contributed by atoms with Gasteiger partial charge in [-0.1, -0.05) is 0 Å². The molecular weight excluding hydrogens is 248 g/mol. The van der Waals surface area contributed by atoms with Crippen molar-refractivity contribution in [2.45, 2.75) is 26.3 Å². The fraction of sp³-hybridized carbons (Fsp3) is 0.385. The zero-order valence-corrected chi connectivity index (χ0v) is 11.0. The third-order valence-electron chi connectivity index (χ3n) is 2.29. The molecule has 1 rings (SSSR count). The molecule has 1 aromatic carbocycles. The van der Waals surface area contributed by atoms with Crippen LogP contribution in [0.1, 0.15) is 30.6 Å². The van der Waals surface area contributed by atoms with Crippen LogP contribution in [0.2, 0.25) is 0 Å². The van der Waals surface area contributed by atoms with Gasteiger partial charge in [-0.2, -0.15) is 0 Å². The van der Waals surface area contributed by atoms with Crippen molar-refractivity contribution >= 4 is 17.6 Å². The summed E-state index contributed by atoms with van der Waals surface area (Å²) in [4.78, 5) is 22.1. The maximum atomic E-state index is 11.4. The van der Waals surface area contributed by atoms with Crippen molar-refractivity contribution in [1.82, 2.24) is 5.32 Å². The highest BCUT2D eigenvalue weighted by Gasteiger charge is 2.08. The van der Waals surface area contributed by atoms with E-state index in [1.165, 1.54) is 18.2 Å². The van der Waals surface area contributed by atoms with Gasteiger partial charge in [0, 0.05) is 6.04 Å². The van der Waals surface area contributed by atoms with E-state index in [-0.39, 0.29) is 36.2 Å². The number of carboxylic acids is 1. The van der Waals surface area contributed by atoms with Crippen molar-refractivity contribution in [3.05, 3.63) is 23.8 Å². The number of amides is 1. The topological polar surface area (TPSA) is 102 Å². The molecule has 0 fully saturated rings. The van der Waals surface area contributed by atoms with Crippen molar-refractivity contribution in [3.63, 3.8) is 0 Å². The van der Waals surface area contributed by atoms with Gasteiger partial charge in [0.2, 0.25) is 5.91 Å². The minimum atomic E-state index is -1.05. The van der Waals surface area contributed by atoms with Crippen LogP contribution in [0, 0.1) is 0 Å². The molecular formula is C13H18N2O4. The molecule has 1 amide bonds. The molecule has 0 aliphatic heterocycles. The molecule has 0 aliphatic rings. The number of benzene rings is 1. The summed E-state index contributed by atoms with van der Waals surface area (Å²) in [5.41, 5.74) is 6.01. The fourth-order valence-corrected chi connectivity index (χ4v) is 1.46. The second-order valence-electron chi connectivity index (χ2n) is 4.38. The lowest BCUT2D eigenvalue weighted by Crippen LogP contribution is -2.31. The molecule has 0 saturated heterocycles. The van der Waals surface area contributed by atoms with Crippen LogP contribution in [0.3, 0.4) is 0 Å². The lowest BCUT2D eigenvalue weighted by Gasteiger charge is -2.11. The maximum absolute atomic E-state index is 11.4. The highest BCUT2D eigenvalue weighted by atomic mass is 16.5. The molecule has 0 radical (unpaired) electrons.